The third-order valence-electron chi connectivity index (χ3n) is 4.30. The van der Waals surface area contributed by atoms with Gasteiger partial charge in [0.1, 0.15) is 5.75 Å². The number of fused-ring (bicyclic) bond motifs is 2. The van der Waals surface area contributed by atoms with Crippen LogP contribution in [0.15, 0.2) is 54.6 Å². The molecule has 0 aromatic heterocycles. The van der Waals surface area contributed by atoms with Crippen LogP contribution in [0.4, 0.5) is 0 Å². The lowest BCUT2D eigenvalue weighted by molar-refractivity contribution is 0.0782. The summed E-state index contributed by atoms with van der Waals surface area (Å²) >= 11 is 0. The van der Waals surface area contributed by atoms with Crippen LogP contribution in [0.5, 0.6) is 17.2 Å². The van der Waals surface area contributed by atoms with E-state index >= 15 is 0 Å². The number of amides is 1. The monoisotopic (exact) mass is 335 g/mol. The van der Waals surface area contributed by atoms with Crippen molar-refractivity contribution >= 4 is 16.7 Å². The first kappa shape index (κ1) is 15.3. The van der Waals surface area contributed by atoms with Crippen LogP contribution in [0.2, 0.25) is 0 Å². The second-order valence-corrected chi connectivity index (χ2v) is 6.07. The van der Waals surface area contributed by atoms with Crippen LogP contribution in [0.25, 0.3) is 10.8 Å². The fourth-order valence-corrected chi connectivity index (χ4v) is 2.99. The highest BCUT2D eigenvalue weighted by molar-refractivity contribution is 6.01. The van der Waals surface area contributed by atoms with Crippen LogP contribution < -0.4 is 9.47 Å². The van der Waals surface area contributed by atoms with Crippen molar-refractivity contribution < 1.29 is 19.4 Å². The molecule has 1 aliphatic rings. The fraction of sp³-hybridized carbons (Fsp3) is 0.150. The van der Waals surface area contributed by atoms with Crippen molar-refractivity contribution in [3.63, 3.8) is 0 Å². The molecule has 1 N–H and O–H groups in total. The number of carbonyl (C=O) groups excluding carboxylic acids is 1. The van der Waals surface area contributed by atoms with E-state index in [1.807, 2.05) is 42.5 Å². The summed E-state index contributed by atoms with van der Waals surface area (Å²) in [6.45, 7) is 0.625. The molecule has 5 heteroatoms. The van der Waals surface area contributed by atoms with Crippen LogP contribution in [0.3, 0.4) is 0 Å². The lowest BCUT2D eigenvalue weighted by Crippen LogP contribution is -2.26. The zero-order valence-electron chi connectivity index (χ0n) is 13.7. The number of carbonyl (C=O) groups is 1. The molecule has 1 amide bonds. The van der Waals surface area contributed by atoms with Crippen LogP contribution >= 0.6 is 0 Å². The maximum Gasteiger partial charge on any atom is 0.257 e. The van der Waals surface area contributed by atoms with Crippen LogP contribution in [0, 0.1) is 0 Å². The Balaban J connectivity index is 1.59. The summed E-state index contributed by atoms with van der Waals surface area (Å²) in [5.74, 6) is 1.15. The topological polar surface area (TPSA) is 59.0 Å². The molecule has 3 aromatic rings. The molecule has 0 saturated carbocycles. The molecule has 3 aromatic carbocycles. The first-order valence-electron chi connectivity index (χ1n) is 7.97. The molecule has 0 unspecified atom stereocenters. The van der Waals surface area contributed by atoms with Gasteiger partial charge in [-0.1, -0.05) is 30.3 Å². The summed E-state index contributed by atoms with van der Waals surface area (Å²) in [5, 5.41) is 12.1. The number of nitrogens with zero attached hydrogens (tertiary/aromatic N) is 1. The number of benzene rings is 3. The van der Waals surface area contributed by atoms with Gasteiger partial charge in [0.05, 0.1) is 5.56 Å². The summed E-state index contributed by atoms with van der Waals surface area (Å²) in [7, 11) is 1.71. The number of rotatable bonds is 3. The molecule has 1 heterocycles. The highest BCUT2D eigenvalue weighted by Crippen LogP contribution is 2.33. The van der Waals surface area contributed by atoms with E-state index in [0.29, 0.717) is 23.6 Å². The molecule has 1 aliphatic heterocycles. The van der Waals surface area contributed by atoms with E-state index in [0.717, 1.165) is 16.3 Å². The summed E-state index contributed by atoms with van der Waals surface area (Å²) in [5.41, 5.74) is 1.22. The van der Waals surface area contributed by atoms with Gasteiger partial charge in [-0.05, 0) is 40.6 Å². The Morgan fingerprint density at radius 1 is 1.04 bits per heavy atom. The normalized spacial score (nSPS) is 12.4. The van der Waals surface area contributed by atoms with Crippen molar-refractivity contribution in [2.45, 2.75) is 6.54 Å². The molecule has 0 bridgehead atoms. The first-order chi connectivity index (χ1) is 12.1. The number of aromatic hydroxyl groups is 1. The van der Waals surface area contributed by atoms with Gasteiger partial charge in [0.2, 0.25) is 6.79 Å². The van der Waals surface area contributed by atoms with Crippen molar-refractivity contribution in [2.75, 3.05) is 13.8 Å². The van der Waals surface area contributed by atoms with Gasteiger partial charge in [-0.25, -0.2) is 0 Å². The van der Waals surface area contributed by atoms with E-state index < -0.39 is 0 Å². The minimum atomic E-state index is -0.235. The zero-order chi connectivity index (χ0) is 17.4. The molecule has 0 atom stereocenters. The highest BCUT2D eigenvalue weighted by Gasteiger charge is 2.19. The van der Waals surface area contributed by atoms with Crippen LogP contribution in [-0.4, -0.2) is 29.8 Å². The van der Waals surface area contributed by atoms with E-state index in [9.17, 15) is 9.90 Å². The van der Waals surface area contributed by atoms with E-state index in [-0.39, 0.29) is 18.4 Å². The van der Waals surface area contributed by atoms with Gasteiger partial charge in [-0.2, -0.15) is 0 Å². The molecule has 0 spiro atoms. The number of ether oxygens (including phenoxy) is 2. The third-order valence-corrected chi connectivity index (χ3v) is 4.30. The molecule has 5 nitrogen and oxygen atoms in total. The third kappa shape index (κ3) is 2.85. The van der Waals surface area contributed by atoms with Gasteiger partial charge < -0.3 is 19.5 Å². The Labute approximate surface area is 145 Å². The van der Waals surface area contributed by atoms with E-state index in [2.05, 4.69) is 0 Å². The van der Waals surface area contributed by atoms with Crippen molar-refractivity contribution in [3.05, 3.63) is 65.7 Å². The maximum atomic E-state index is 12.8. The van der Waals surface area contributed by atoms with Crippen molar-refractivity contribution in [2.24, 2.45) is 0 Å². The second-order valence-electron chi connectivity index (χ2n) is 6.07. The Morgan fingerprint density at radius 3 is 2.56 bits per heavy atom. The Kier molecular flexibility index (Phi) is 3.69. The average Bonchev–Trinajstić information content (AvgIpc) is 3.08. The first-order valence-corrected chi connectivity index (χ1v) is 7.97. The summed E-state index contributed by atoms with van der Waals surface area (Å²) in [4.78, 5) is 14.3. The van der Waals surface area contributed by atoms with Crippen LogP contribution in [0.1, 0.15) is 15.9 Å². The predicted molar refractivity (Wildman–Crippen MR) is 94.0 cm³/mol. The van der Waals surface area contributed by atoms with Gasteiger partial charge in [-0.15, -0.1) is 0 Å². The number of hydrogen-bond acceptors (Lipinski definition) is 4. The molecule has 0 fully saturated rings. The van der Waals surface area contributed by atoms with Crippen molar-refractivity contribution in [3.8, 4) is 17.2 Å². The fourth-order valence-electron chi connectivity index (χ4n) is 2.99. The number of phenolic OH excluding ortho intramolecular Hbond substituents is 1. The SMILES string of the molecule is CN(Cc1ccc2c(c1)OCO2)C(=O)c1cc2ccccc2cc1O. The minimum Gasteiger partial charge on any atom is -0.507 e. The summed E-state index contributed by atoms with van der Waals surface area (Å²) in [6.07, 6.45) is 0. The standard InChI is InChI=1S/C20H17NO4/c1-21(11-13-6-7-18-19(8-13)25-12-24-18)20(23)16-9-14-4-2-3-5-15(14)10-17(16)22/h2-10,22H,11-12H2,1H3. The zero-order valence-corrected chi connectivity index (χ0v) is 13.7. The Hall–Kier alpha value is -3.21. The highest BCUT2D eigenvalue weighted by atomic mass is 16.7. The Bertz CT molecular complexity index is 967. The van der Waals surface area contributed by atoms with Gasteiger partial charge in [-0.3, -0.25) is 4.79 Å². The molecule has 25 heavy (non-hydrogen) atoms. The lowest BCUT2D eigenvalue weighted by Gasteiger charge is -2.18. The van der Waals surface area contributed by atoms with Gasteiger partial charge in [0.25, 0.3) is 5.91 Å². The lowest BCUT2D eigenvalue weighted by atomic mass is 10.0. The number of phenols is 1. The molecular weight excluding hydrogens is 318 g/mol. The quantitative estimate of drug-likeness (QED) is 0.795. The minimum absolute atomic E-state index is 0.0127. The number of hydrogen-bond donors (Lipinski definition) is 1. The van der Waals surface area contributed by atoms with Gasteiger partial charge in [0, 0.05) is 13.6 Å². The molecule has 0 radical (unpaired) electrons. The molecule has 4 rings (SSSR count). The van der Waals surface area contributed by atoms with Gasteiger partial charge >= 0.3 is 0 Å². The average molecular weight is 335 g/mol. The second kappa shape index (κ2) is 6.02. The van der Waals surface area contributed by atoms with Crippen LogP contribution in [-0.2, 0) is 6.54 Å². The van der Waals surface area contributed by atoms with Crippen molar-refractivity contribution in [1.82, 2.24) is 4.90 Å². The molecule has 126 valence electrons. The Morgan fingerprint density at radius 2 is 1.76 bits per heavy atom. The summed E-state index contributed by atoms with van der Waals surface area (Å²) in [6, 6.07) is 16.6. The molecular formula is C20H17NO4. The molecule has 0 aliphatic carbocycles. The van der Waals surface area contributed by atoms with Gasteiger partial charge in [0.15, 0.2) is 11.5 Å². The molecule has 0 saturated heterocycles. The maximum absolute atomic E-state index is 12.8. The summed E-state index contributed by atoms with van der Waals surface area (Å²) < 4.78 is 10.7. The largest absolute Gasteiger partial charge is 0.507 e. The smallest absolute Gasteiger partial charge is 0.257 e. The predicted octanol–water partition coefficient (Wildman–Crippen LogP) is 3.55. The van der Waals surface area contributed by atoms with E-state index in [1.165, 1.54) is 0 Å². The van der Waals surface area contributed by atoms with E-state index in [4.69, 9.17) is 9.47 Å². The van der Waals surface area contributed by atoms with Crippen molar-refractivity contribution in [1.29, 1.82) is 0 Å². The van der Waals surface area contributed by atoms with E-state index in [1.54, 1.807) is 24.1 Å².